The first-order chi connectivity index (χ1) is 13.0. The van der Waals surface area contributed by atoms with Gasteiger partial charge in [-0.1, -0.05) is 48.9 Å². The summed E-state index contributed by atoms with van der Waals surface area (Å²) in [6.07, 6.45) is 0.935. The smallest absolute Gasteiger partial charge is 0.295 e. The number of rotatable bonds is 4. The number of hydrogen-bond acceptors (Lipinski definition) is 3. The van der Waals surface area contributed by atoms with Crippen molar-refractivity contribution in [3.05, 3.63) is 70.8 Å². The van der Waals surface area contributed by atoms with Gasteiger partial charge in [0.1, 0.15) is 0 Å². The van der Waals surface area contributed by atoms with E-state index in [9.17, 15) is 14.4 Å². The van der Waals surface area contributed by atoms with Gasteiger partial charge in [0.05, 0.1) is 0 Å². The van der Waals surface area contributed by atoms with E-state index in [4.69, 9.17) is 0 Å². The molecule has 0 N–H and O–H groups in total. The molecule has 0 aromatic heterocycles. The summed E-state index contributed by atoms with van der Waals surface area (Å²) in [5.41, 5.74) is 3.29. The van der Waals surface area contributed by atoms with Crippen molar-refractivity contribution in [3.63, 3.8) is 0 Å². The summed E-state index contributed by atoms with van der Waals surface area (Å²) >= 11 is 0. The molecule has 0 bridgehead atoms. The predicted molar refractivity (Wildman–Crippen MR) is 104 cm³/mol. The van der Waals surface area contributed by atoms with Crippen LogP contribution < -0.4 is 0 Å². The predicted octanol–water partition coefficient (Wildman–Crippen LogP) is 2.72. The maximum Gasteiger partial charge on any atom is 0.295 e. The van der Waals surface area contributed by atoms with Crippen molar-refractivity contribution in [2.24, 2.45) is 0 Å². The number of piperazine rings is 1. The van der Waals surface area contributed by atoms with E-state index in [2.05, 4.69) is 6.92 Å². The Bertz CT molecular complexity index is 833. The highest BCUT2D eigenvalue weighted by atomic mass is 16.2. The fraction of sp³-hybridized carbons (Fsp3) is 0.318. The molecule has 5 heteroatoms. The van der Waals surface area contributed by atoms with E-state index in [1.807, 2.05) is 43.3 Å². The van der Waals surface area contributed by atoms with Crippen LogP contribution in [0, 0.1) is 6.92 Å². The molecule has 0 radical (unpaired) electrons. The molecule has 1 fully saturated rings. The van der Waals surface area contributed by atoms with Crippen LogP contribution in [0.1, 0.15) is 38.8 Å². The second kappa shape index (κ2) is 8.16. The quantitative estimate of drug-likeness (QED) is 0.619. The molecule has 27 heavy (non-hydrogen) atoms. The standard InChI is InChI=1S/C22H24N2O3/c1-3-17-6-10-19(11-7-17)21(26)23-12-14-24(15-13-23)22(27)20(25)18-8-4-16(2)5-9-18/h4-11H,3,12-15H2,1-2H3. The Kier molecular flexibility index (Phi) is 5.69. The number of carbonyl (C=O) groups excluding carboxylic acids is 3. The van der Waals surface area contributed by atoms with Gasteiger partial charge in [-0.15, -0.1) is 0 Å². The van der Waals surface area contributed by atoms with Gasteiger partial charge in [-0.3, -0.25) is 14.4 Å². The van der Waals surface area contributed by atoms with Gasteiger partial charge in [-0.05, 0) is 31.0 Å². The molecule has 3 rings (SSSR count). The van der Waals surface area contributed by atoms with Crippen LogP contribution in [0.3, 0.4) is 0 Å². The lowest BCUT2D eigenvalue weighted by Crippen LogP contribution is -2.52. The third-order valence-corrected chi connectivity index (χ3v) is 4.97. The van der Waals surface area contributed by atoms with Crippen LogP contribution in [0.5, 0.6) is 0 Å². The fourth-order valence-electron chi connectivity index (χ4n) is 3.15. The number of benzene rings is 2. The van der Waals surface area contributed by atoms with Gasteiger partial charge >= 0.3 is 0 Å². The molecule has 0 saturated carbocycles. The Balaban J connectivity index is 1.59. The van der Waals surface area contributed by atoms with Crippen molar-refractivity contribution < 1.29 is 14.4 Å². The van der Waals surface area contributed by atoms with Gasteiger partial charge in [-0.25, -0.2) is 0 Å². The highest BCUT2D eigenvalue weighted by Gasteiger charge is 2.28. The zero-order valence-corrected chi connectivity index (χ0v) is 15.8. The monoisotopic (exact) mass is 364 g/mol. The average molecular weight is 364 g/mol. The number of nitrogens with zero attached hydrogens (tertiary/aromatic N) is 2. The zero-order valence-electron chi connectivity index (χ0n) is 15.8. The molecule has 5 nitrogen and oxygen atoms in total. The van der Waals surface area contributed by atoms with Crippen LogP contribution >= 0.6 is 0 Å². The van der Waals surface area contributed by atoms with E-state index >= 15 is 0 Å². The molecule has 1 heterocycles. The summed E-state index contributed by atoms with van der Waals surface area (Å²) in [6.45, 7) is 5.61. The average Bonchev–Trinajstić information content (AvgIpc) is 2.73. The van der Waals surface area contributed by atoms with E-state index in [1.54, 1.807) is 17.0 Å². The van der Waals surface area contributed by atoms with Crippen molar-refractivity contribution in [2.45, 2.75) is 20.3 Å². The van der Waals surface area contributed by atoms with Crippen LogP contribution in [0.4, 0.5) is 0 Å². The minimum atomic E-state index is -0.502. The Hall–Kier alpha value is -2.95. The number of Topliss-reactive ketones (excluding diaryl/α,β-unsaturated/α-hetero) is 1. The normalized spacial score (nSPS) is 14.1. The van der Waals surface area contributed by atoms with E-state index in [-0.39, 0.29) is 5.91 Å². The van der Waals surface area contributed by atoms with E-state index in [0.717, 1.165) is 12.0 Å². The molecular weight excluding hydrogens is 340 g/mol. The summed E-state index contributed by atoms with van der Waals surface area (Å²) in [7, 11) is 0. The maximum atomic E-state index is 12.6. The summed E-state index contributed by atoms with van der Waals surface area (Å²) in [5.74, 6) is -1.03. The third-order valence-electron chi connectivity index (χ3n) is 4.97. The number of ketones is 1. The SMILES string of the molecule is CCc1ccc(C(=O)N2CCN(C(=O)C(=O)c3ccc(C)cc3)CC2)cc1. The summed E-state index contributed by atoms with van der Waals surface area (Å²) in [5, 5.41) is 0. The van der Waals surface area contributed by atoms with Gasteiger partial charge in [-0.2, -0.15) is 0 Å². The minimum Gasteiger partial charge on any atom is -0.335 e. The molecule has 0 spiro atoms. The first kappa shape index (κ1) is 18.8. The van der Waals surface area contributed by atoms with Crippen LogP contribution in [-0.2, 0) is 11.2 Å². The highest BCUT2D eigenvalue weighted by molar-refractivity contribution is 6.42. The molecule has 2 aromatic rings. The Morgan fingerprint density at radius 1 is 0.778 bits per heavy atom. The molecule has 1 saturated heterocycles. The number of carbonyl (C=O) groups is 3. The van der Waals surface area contributed by atoms with E-state index in [1.165, 1.54) is 10.5 Å². The summed E-state index contributed by atoms with van der Waals surface area (Å²) in [6, 6.07) is 14.6. The minimum absolute atomic E-state index is 0.0328. The largest absolute Gasteiger partial charge is 0.335 e. The van der Waals surface area contributed by atoms with E-state index < -0.39 is 11.7 Å². The maximum absolute atomic E-state index is 12.6. The second-order valence-corrected chi connectivity index (χ2v) is 6.83. The molecule has 0 aliphatic carbocycles. The fourth-order valence-corrected chi connectivity index (χ4v) is 3.15. The number of hydrogen-bond donors (Lipinski definition) is 0. The Labute approximate surface area is 159 Å². The lowest BCUT2D eigenvalue weighted by Gasteiger charge is -2.34. The van der Waals surface area contributed by atoms with Gasteiger partial charge in [0.15, 0.2) is 0 Å². The van der Waals surface area contributed by atoms with E-state index in [0.29, 0.717) is 37.3 Å². The van der Waals surface area contributed by atoms with Crippen molar-refractivity contribution in [2.75, 3.05) is 26.2 Å². The Morgan fingerprint density at radius 3 is 1.85 bits per heavy atom. The van der Waals surface area contributed by atoms with Crippen LogP contribution in [0.15, 0.2) is 48.5 Å². The number of aryl methyl sites for hydroxylation is 2. The Morgan fingerprint density at radius 2 is 1.30 bits per heavy atom. The number of amides is 2. The molecule has 2 aromatic carbocycles. The van der Waals surface area contributed by atoms with Crippen LogP contribution in [0.25, 0.3) is 0 Å². The molecule has 1 aliphatic rings. The molecule has 1 aliphatic heterocycles. The van der Waals surface area contributed by atoms with Crippen LogP contribution in [-0.4, -0.2) is 53.6 Å². The second-order valence-electron chi connectivity index (χ2n) is 6.83. The first-order valence-corrected chi connectivity index (χ1v) is 9.28. The van der Waals surface area contributed by atoms with Gasteiger partial charge in [0.2, 0.25) is 5.78 Å². The molecule has 140 valence electrons. The van der Waals surface area contributed by atoms with Gasteiger partial charge < -0.3 is 9.80 Å². The zero-order chi connectivity index (χ0) is 19.4. The molecule has 0 atom stereocenters. The van der Waals surface area contributed by atoms with Crippen molar-refractivity contribution in [1.29, 1.82) is 0 Å². The highest BCUT2D eigenvalue weighted by Crippen LogP contribution is 2.12. The lowest BCUT2D eigenvalue weighted by atomic mass is 10.1. The summed E-state index contributed by atoms with van der Waals surface area (Å²) in [4.78, 5) is 40.7. The van der Waals surface area contributed by atoms with Crippen molar-refractivity contribution >= 4 is 17.6 Å². The van der Waals surface area contributed by atoms with Crippen molar-refractivity contribution in [1.82, 2.24) is 9.80 Å². The third kappa shape index (κ3) is 4.25. The topological polar surface area (TPSA) is 57.7 Å². The molecule has 2 amide bonds. The first-order valence-electron chi connectivity index (χ1n) is 9.28. The van der Waals surface area contributed by atoms with Gasteiger partial charge in [0.25, 0.3) is 11.8 Å². The van der Waals surface area contributed by atoms with Crippen LogP contribution in [0.2, 0.25) is 0 Å². The lowest BCUT2D eigenvalue weighted by molar-refractivity contribution is -0.127. The molecule has 0 unspecified atom stereocenters. The molecular formula is C22H24N2O3. The van der Waals surface area contributed by atoms with Gasteiger partial charge in [0, 0.05) is 37.3 Å². The van der Waals surface area contributed by atoms with Crippen molar-refractivity contribution in [3.8, 4) is 0 Å². The summed E-state index contributed by atoms with van der Waals surface area (Å²) < 4.78 is 0.